The Hall–Kier alpha value is -1.64. The maximum atomic E-state index is 12.8. The summed E-state index contributed by atoms with van der Waals surface area (Å²) in [5, 5.41) is 0. The molecule has 2 nitrogen and oxygen atoms in total. The minimum absolute atomic E-state index is 0.0648. The Bertz CT molecular complexity index is 435. The van der Waals surface area contributed by atoms with Crippen LogP contribution >= 0.6 is 0 Å². The van der Waals surface area contributed by atoms with Gasteiger partial charge in [0.2, 0.25) is 0 Å². The highest BCUT2D eigenvalue weighted by molar-refractivity contribution is 6.09. The minimum atomic E-state index is -0.319. The summed E-state index contributed by atoms with van der Waals surface area (Å²) in [6.45, 7) is 2.29. The van der Waals surface area contributed by atoms with Gasteiger partial charge < -0.3 is 4.74 Å². The molecule has 78 valence electrons. The summed E-state index contributed by atoms with van der Waals surface area (Å²) in [4.78, 5) is 11.9. The molecule has 1 aliphatic heterocycles. The van der Waals surface area contributed by atoms with Crippen LogP contribution in [0.4, 0.5) is 4.39 Å². The van der Waals surface area contributed by atoms with Gasteiger partial charge >= 0.3 is 0 Å². The Balaban J connectivity index is 2.33. The quantitative estimate of drug-likeness (QED) is 0.695. The second-order valence-corrected chi connectivity index (χ2v) is 3.55. The zero-order valence-corrected chi connectivity index (χ0v) is 8.42. The average molecular weight is 206 g/mol. The van der Waals surface area contributed by atoms with Crippen LogP contribution in [0.25, 0.3) is 0 Å². The van der Waals surface area contributed by atoms with Crippen LogP contribution in [0.15, 0.2) is 30.0 Å². The lowest BCUT2D eigenvalue weighted by molar-refractivity contribution is 0.103. The van der Waals surface area contributed by atoms with Crippen molar-refractivity contribution >= 4 is 5.78 Å². The van der Waals surface area contributed by atoms with Gasteiger partial charge in [-0.15, -0.1) is 0 Å². The molecule has 2 rings (SSSR count). The van der Waals surface area contributed by atoms with Gasteiger partial charge in [0.15, 0.2) is 5.78 Å². The predicted octanol–water partition coefficient (Wildman–Crippen LogP) is 2.62. The molecule has 0 unspecified atom stereocenters. The maximum Gasteiger partial charge on any atom is 0.192 e. The van der Waals surface area contributed by atoms with E-state index < -0.39 is 0 Å². The van der Waals surface area contributed by atoms with E-state index in [4.69, 9.17) is 4.74 Å². The minimum Gasteiger partial charge on any atom is -0.500 e. The summed E-state index contributed by atoms with van der Waals surface area (Å²) in [5.41, 5.74) is 1.87. The van der Waals surface area contributed by atoms with Crippen molar-refractivity contribution < 1.29 is 13.9 Å². The van der Waals surface area contributed by atoms with Crippen molar-refractivity contribution in [2.24, 2.45) is 0 Å². The highest BCUT2D eigenvalue weighted by Gasteiger charge is 2.18. The fourth-order valence-corrected chi connectivity index (χ4v) is 1.61. The molecule has 0 radical (unpaired) electrons. The molecule has 0 amide bonds. The zero-order valence-electron chi connectivity index (χ0n) is 8.42. The third kappa shape index (κ3) is 1.91. The van der Waals surface area contributed by atoms with E-state index in [0.717, 1.165) is 0 Å². The van der Waals surface area contributed by atoms with E-state index in [-0.39, 0.29) is 11.6 Å². The first kappa shape index (κ1) is 9.90. The molecule has 1 aromatic rings. The van der Waals surface area contributed by atoms with Crippen molar-refractivity contribution in [2.75, 3.05) is 6.61 Å². The van der Waals surface area contributed by atoms with E-state index >= 15 is 0 Å². The Morgan fingerprint density at radius 1 is 1.47 bits per heavy atom. The lowest BCUT2D eigenvalue weighted by Gasteiger charge is -2.04. The molecule has 0 fully saturated rings. The number of rotatable bonds is 2. The molecule has 0 saturated carbocycles. The van der Waals surface area contributed by atoms with Crippen LogP contribution in [0, 0.1) is 12.7 Å². The number of hydrogen-bond acceptors (Lipinski definition) is 2. The number of halogens is 1. The number of carbonyl (C=O) groups excluding carboxylic acids is 1. The molecule has 0 aromatic heterocycles. The number of benzene rings is 1. The van der Waals surface area contributed by atoms with E-state index in [1.807, 2.05) is 0 Å². The molecule has 0 bridgehead atoms. The van der Waals surface area contributed by atoms with E-state index in [1.165, 1.54) is 24.5 Å². The zero-order chi connectivity index (χ0) is 10.8. The number of aryl methyl sites for hydroxylation is 1. The third-order valence-corrected chi connectivity index (χ3v) is 2.44. The molecular formula is C12H11FO2. The van der Waals surface area contributed by atoms with Gasteiger partial charge in [0.1, 0.15) is 5.82 Å². The highest BCUT2D eigenvalue weighted by atomic mass is 19.1. The number of ketones is 1. The largest absolute Gasteiger partial charge is 0.500 e. The number of ether oxygens (including phenoxy) is 1. The fraction of sp³-hybridized carbons (Fsp3) is 0.250. The second kappa shape index (κ2) is 3.85. The van der Waals surface area contributed by atoms with Crippen LogP contribution in [0.3, 0.4) is 0 Å². The van der Waals surface area contributed by atoms with E-state index in [9.17, 15) is 9.18 Å². The SMILES string of the molecule is Cc1cc(F)ccc1C(=O)C1=COCC1. The van der Waals surface area contributed by atoms with Crippen molar-refractivity contribution in [2.45, 2.75) is 13.3 Å². The van der Waals surface area contributed by atoms with Crippen LogP contribution in [0.5, 0.6) is 0 Å². The van der Waals surface area contributed by atoms with Gasteiger partial charge in [0.05, 0.1) is 12.9 Å². The van der Waals surface area contributed by atoms with Crippen molar-refractivity contribution in [3.8, 4) is 0 Å². The van der Waals surface area contributed by atoms with Gasteiger partial charge in [0, 0.05) is 17.6 Å². The van der Waals surface area contributed by atoms with Crippen LogP contribution in [-0.2, 0) is 4.74 Å². The molecular weight excluding hydrogens is 195 g/mol. The molecule has 0 atom stereocenters. The van der Waals surface area contributed by atoms with Crippen LogP contribution < -0.4 is 0 Å². The maximum absolute atomic E-state index is 12.8. The highest BCUT2D eigenvalue weighted by Crippen LogP contribution is 2.19. The molecule has 1 aliphatic rings. The fourth-order valence-electron chi connectivity index (χ4n) is 1.61. The Kier molecular flexibility index (Phi) is 2.54. The lowest BCUT2D eigenvalue weighted by Crippen LogP contribution is -2.04. The van der Waals surface area contributed by atoms with E-state index in [0.29, 0.717) is 29.7 Å². The monoisotopic (exact) mass is 206 g/mol. The Morgan fingerprint density at radius 3 is 2.87 bits per heavy atom. The number of Topliss-reactive ketones (excluding diaryl/α,β-unsaturated/α-hetero) is 1. The second-order valence-electron chi connectivity index (χ2n) is 3.55. The summed E-state index contributed by atoms with van der Waals surface area (Å²) >= 11 is 0. The normalized spacial score (nSPS) is 14.7. The van der Waals surface area contributed by atoms with Gasteiger partial charge in [-0.05, 0) is 30.7 Å². The number of carbonyl (C=O) groups is 1. The summed E-state index contributed by atoms with van der Waals surface area (Å²) < 4.78 is 17.8. The molecule has 3 heteroatoms. The van der Waals surface area contributed by atoms with Crippen LogP contribution in [0.2, 0.25) is 0 Å². The standard InChI is InChI=1S/C12H11FO2/c1-8-6-10(13)2-3-11(8)12(14)9-4-5-15-7-9/h2-3,6-7H,4-5H2,1H3. The topological polar surface area (TPSA) is 26.3 Å². The van der Waals surface area contributed by atoms with Gasteiger partial charge in [-0.1, -0.05) is 0 Å². The lowest BCUT2D eigenvalue weighted by atomic mass is 9.99. The van der Waals surface area contributed by atoms with Gasteiger partial charge in [-0.25, -0.2) is 4.39 Å². The molecule has 0 saturated heterocycles. The summed E-state index contributed by atoms with van der Waals surface area (Å²) in [5.74, 6) is -0.384. The van der Waals surface area contributed by atoms with Crippen molar-refractivity contribution in [3.63, 3.8) is 0 Å². The van der Waals surface area contributed by atoms with Crippen molar-refractivity contribution in [1.82, 2.24) is 0 Å². The predicted molar refractivity (Wildman–Crippen MR) is 54.1 cm³/mol. The van der Waals surface area contributed by atoms with Gasteiger partial charge in [-0.2, -0.15) is 0 Å². The van der Waals surface area contributed by atoms with Crippen LogP contribution in [-0.4, -0.2) is 12.4 Å². The molecule has 0 spiro atoms. The van der Waals surface area contributed by atoms with Crippen molar-refractivity contribution in [3.05, 3.63) is 47.0 Å². The first-order valence-corrected chi connectivity index (χ1v) is 4.80. The molecule has 1 aromatic carbocycles. The molecule has 0 aliphatic carbocycles. The van der Waals surface area contributed by atoms with Gasteiger partial charge in [0.25, 0.3) is 0 Å². The first-order valence-electron chi connectivity index (χ1n) is 4.80. The molecule has 1 heterocycles. The molecule has 15 heavy (non-hydrogen) atoms. The van der Waals surface area contributed by atoms with E-state index in [2.05, 4.69) is 0 Å². The molecule has 0 N–H and O–H groups in total. The Labute approximate surface area is 87.4 Å². The summed E-state index contributed by atoms with van der Waals surface area (Å²) in [7, 11) is 0. The van der Waals surface area contributed by atoms with Gasteiger partial charge in [-0.3, -0.25) is 4.79 Å². The first-order chi connectivity index (χ1) is 7.18. The van der Waals surface area contributed by atoms with Crippen LogP contribution in [0.1, 0.15) is 22.3 Å². The summed E-state index contributed by atoms with van der Waals surface area (Å²) in [6.07, 6.45) is 2.13. The third-order valence-electron chi connectivity index (χ3n) is 2.44. The Morgan fingerprint density at radius 2 is 2.27 bits per heavy atom. The number of hydrogen-bond donors (Lipinski definition) is 0. The van der Waals surface area contributed by atoms with E-state index in [1.54, 1.807) is 6.92 Å². The smallest absolute Gasteiger partial charge is 0.192 e. The van der Waals surface area contributed by atoms with Crippen molar-refractivity contribution in [1.29, 1.82) is 0 Å². The summed E-state index contributed by atoms with van der Waals surface area (Å²) in [6, 6.07) is 4.19. The average Bonchev–Trinajstić information content (AvgIpc) is 2.69.